The summed E-state index contributed by atoms with van der Waals surface area (Å²) in [5, 5.41) is 0. The van der Waals surface area contributed by atoms with Gasteiger partial charge in [0.15, 0.2) is 0 Å². The van der Waals surface area contributed by atoms with Gasteiger partial charge in [-0.25, -0.2) is 12.7 Å². The molecular formula is C13H27N3O2S2. The summed E-state index contributed by atoms with van der Waals surface area (Å²) >= 11 is 1.97. The standard InChI is InChI=1S/C13H27N3O2S2/c1-15-6-7-19-10-13(15)12(14)8-11-4-3-5-16(9-11)20(2,17)18/h11-13H,3-10,14H2,1-2H3. The number of hydrogen-bond donors (Lipinski definition) is 1. The second-order valence-electron chi connectivity index (χ2n) is 6.15. The molecular weight excluding hydrogens is 294 g/mol. The number of sulfonamides is 1. The van der Waals surface area contributed by atoms with E-state index in [2.05, 4.69) is 11.9 Å². The average Bonchev–Trinajstić information content (AvgIpc) is 2.38. The Morgan fingerprint density at radius 1 is 1.40 bits per heavy atom. The molecule has 2 aliphatic rings. The number of rotatable bonds is 4. The maximum absolute atomic E-state index is 11.7. The third-order valence-corrected chi connectivity index (χ3v) is 6.81. The van der Waals surface area contributed by atoms with E-state index in [1.54, 1.807) is 4.31 Å². The van der Waals surface area contributed by atoms with Crippen molar-refractivity contribution in [1.29, 1.82) is 0 Å². The third kappa shape index (κ3) is 4.34. The van der Waals surface area contributed by atoms with Crippen molar-refractivity contribution >= 4 is 21.8 Å². The number of thioether (sulfide) groups is 1. The van der Waals surface area contributed by atoms with E-state index >= 15 is 0 Å². The molecule has 5 nitrogen and oxygen atoms in total. The van der Waals surface area contributed by atoms with Crippen LogP contribution in [0.5, 0.6) is 0 Å². The first-order valence-electron chi connectivity index (χ1n) is 7.36. The highest BCUT2D eigenvalue weighted by Crippen LogP contribution is 2.25. The fourth-order valence-electron chi connectivity index (χ4n) is 3.22. The number of piperidine rings is 1. The van der Waals surface area contributed by atoms with Gasteiger partial charge >= 0.3 is 0 Å². The van der Waals surface area contributed by atoms with E-state index in [-0.39, 0.29) is 6.04 Å². The first kappa shape index (κ1) is 16.5. The van der Waals surface area contributed by atoms with Crippen LogP contribution in [0.4, 0.5) is 0 Å². The lowest BCUT2D eigenvalue weighted by Crippen LogP contribution is -2.52. The van der Waals surface area contributed by atoms with Gasteiger partial charge in [-0.05, 0) is 32.2 Å². The van der Waals surface area contributed by atoms with Gasteiger partial charge in [0.2, 0.25) is 10.0 Å². The summed E-state index contributed by atoms with van der Waals surface area (Å²) in [5.74, 6) is 2.69. The summed E-state index contributed by atoms with van der Waals surface area (Å²) in [4.78, 5) is 2.36. The smallest absolute Gasteiger partial charge is 0.211 e. The largest absolute Gasteiger partial charge is 0.326 e. The molecule has 0 bridgehead atoms. The Morgan fingerprint density at radius 2 is 2.15 bits per heavy atom. The van der Waals surface area contributed by atoms with Crippen molar-refractivity contribution in [3.63, 3.8) is 0 Å². The van der Waals surface area contributed by atoms with E-state index in [0.717, 1.165) is 31.6 Å². The van der Waals surface area contributed by atoms with Crippen LogP contribution in [0.25, 0.3) is 0 Å². The maximum Gasteiger partial charge on any atom is 0.211 e. The molecule has 0 radical (unpaired) electrons. The van der Waals surface area contributed by atoms with E-state index in [4.69, 9.17) is 5.73 Å². The minimum absolute atomic E-state index is 0.150. The molecule has 2 fully saturated rings. The summed E-state index contributed by atoms with van der Waals surface area (Å²) in [7, 11) is -0.905. The molecule has 0 amide bonds. The predicted octanol–water partition coefficient (Wildman–Crippen LogP) is 0.423. The molecule has 3 atom stereocenters. The molecule has 0 spiro atoms. The average molecular weight is 322 g/mol. The van der Waals surface area contributed by atoms with Crippen molar-refractivity contribution in [1.82, 2.24) is 9.21 Å². The van der Waals surface area contributed by atoms with Crippen LogP contribution in [-0.4, -0.2) is 74.2 Å². The molecule has 20 heavy (non-hydrogen) atoms. The normalized spacial score (nSPS) is 32.1. The second-order valence-corrected chi connectivity index (χ2v) is 9.28. The fourth-order valence-corrected chi connectivity index (χ4v) is 5.49. The van der Waals surface area contributed by atoms with Gasteiger partial charge in [-0.15, -0.1) is 0 Å². The zero-order chi connectivity index (χ0) is 14.8. The van der Waals surface area contributed by atoms with E-state index in [1.807, 2.05) is 11.8 Å². The van der Waals surface area contributed by atoms with Crippen molar-refractivity contribution in [2.24, 2.45) is 11.7 Å². The van der Waals surface area contributed by atoms with Crippen molar-refractivity contribution < 1.29 is 8.42 Å². The highest BCUT2D eigenvalue weighted by Gasteiger charge is 2.31. The molecule has 2 saturated heterocycles. The quantitative estimate of drug-likeness (QED) is 0.813. The first-order valence-corrected chi connectivity index (χ1v) is 10.4. The lowest BCUT2D eigenvalue weighted by atomic mass is 9.90. The molecule has 0 aliphatic carbocycles. The fraction of sp³-hybridized carbons (Fsp3) is 1.00. The molecule has 118 valence electrons. The highest BCUT2D eigenvalue weighted by atomic mass is 32.2. The molecule has 0 aromatic heterocycles. The monoisotopic (exact) mass is 321 g/mol. The third-order valence-electron chi connectivity index (χ3n) is 4.49. The van der Waals surface area contributed by atoms with Crippen LogP contribution in [-0.2, 0) is 10.0 Å². The van der Waals surface area contributed by atoms with Gasteiger partial charge < -0.3 is 10.6 Å². The Labute approximate surface area is 127 Å². The molecule has 2 heterocycles. The zero-order valence-electron chi connectivity index (χ0n) is 12.5. The molecule has 0 aromatic rings. The molecule has 3 unspecified atom stereocenters. The molecule has 2 aliphatic heterocycles. The summed E-state index contributed by atoms with van der Waals surface area (Å²) in [6.07, 6.45) is 4.30. The number of nitrogens with zero attached hydrogens (tertiary/aromatic N) is 2. The SMILES string of the molecule is CN1CCSCC1C(N)CC1CCCN(S(C)(=O)=O)C1. The Morgan fingerprint density at radius 3 is 2.80 bits per heavy atom. The maximum atomic E-state index is 11.7. The van der Waals surface area contributed by atoms with Crippen LogP contribution >= 0.6 is 11.8 Å². The lowest BCUT2D eigenvalue weighted by Gasteiger charge is -2.39. The summed E-state index contributed by atoms with van der Waals surface area (Å²) < 4.78 is 24.9. The highest BCUT2D eigenvalue weighted by molar-refractivity contribution is 7.99. The topological polar surface area (TPSA) is 66.6 Å². The van der Waals surface area contributed by atoms with Crippen LogP contribution in [0.1, 0.15) is 19.3 Å². The summed E-state index contributed by atoms with van der Waals surface area (Å²) in [6, 6.07) is 0.583. The van der Waals surface area contributed by atoms with Crippen molar-refractivity contribution in [3.8, 4) is 0 Å². The minimum atomic E-state index is -3.05. The van der Waals surface area contributed by atoms with Crippen LogP contribution in [0.2, 0.25) is 0 Å². The predicted molar refractivity (Wildman–Crippen MR) is 85.5 cm³/mol. The van der Waals surface area contributed by atoms with Gasteiger partial charge in [0.1, 0.15) is 0 Å². The van der Waals surface area contributed by atoms with Gasteiger partial charge in [-0.3, -0.25) is 0 Å². The van der Waals surface area contributed by atoms with E-state index in [9.17, 15) is 8.42 Å². The van der Waals surface area contributed by atoms with Gasteiger partial charge in [0, 0.05) is 43.2 Å². The number of nitrogens with two attached hydrogens (primary N) is 1. The first-order chi connectivity index (χ1) is 9.38. The number of likely N-dealkylation sites (N-methyl/N-ethyl adjacent to an activating group) is 1. The van der Waals surface area contributed by atoms with Crippen LogP contribution in [0, 0.1) is 5.92 Å². The molecule has 2 N–H and O–H groups in total. The molecule has 2 rings (SSSR count). The Bertz CT molecular complexity index is 416. The Kier molecular flexibility index (Phi) is 5.76. The lowest BCUT2D eigenvalue weighted by molar-refractivity contribution is 0.190. The molecule has 0 saturated carbocycles. The van der Waals surface area contributed by atoms with Crippen molar-refractivity contribution in [2.75, 3.05) is 44.4 Å². The van der Waals surface area contributed by atoms with Gasteiger partial charge in [0.25, 0.3) is 0 Å². The van der Waals surface area contributed by atoms with Crippen molar-refractivity contribution in [3.05, 3.63) is 0 Å². The molecule has 7 heteroatoms. The van der Waals surface area contributed by atoms with Crippen LogP contribution in [0.15, 0.2) is 0 Å². The number of hydrogen-bond acceptors (Lipinski definition) is 5. The van der Waals surface area contributed by atoms with E-state index in [1.165, 1.54) is 12.0 Å². The van der Waals surface area contributed by atoms with E-state index < -0.39 is 10.0 Å². The Hall–Kier alpha value is 0.180. The van der Waals surface area contributed by atoms with Crippen molar-refractivity contribution in [2.45, 2.75) is 31.3 Å². The minimum Gasteiger partial charge on any atom is -0.326 e. The van der Waals surface area contributed by atoms with Gasteiger partial charge in [-0.2, -0.15) is 11.8 Å². The van der Waals surface area contributed by atoms with Crippen LogP contribution < -0.4 is 5.73 Å². The summed E-state index contributed by atoms with van der Waals surface area (Å²) in [6.45, 7) is 2.42. The van der Waals surface area contributed by atoms with Crippen LogP contribution in [0.3, 0.4) is 0 Å². The molecule has 0 aromatic carbocycles. The van der Waals surface area contributed by atoms with E-state index in [0.29, 0.717) is 25.0 Å². The second kappa shape index (κ2) is 6.96. The summed E-state index contributed by atoms with van der Waals surface area (Å²) in [5.41, 5.74) is 6.40. The van der Waals surface area contributed by atoms with Gasteiger partial charge in [0.05, 0.1) is 6.26 Å². The Balaban J connectivity index is 1.89. The zero-order valence-corrected chi connectivity index (χ0v) is 14.1. The van der Waals surface area contributed by atoms with Gasteiger partial charge in [-0.1, -0.05) is 0 Å².